The molecule has 1 fully saturated rings. The molecule has 2 heterocycles. The summed E-state index contributed by atoms with van der Waals surface area (Å²) >= 11 is 0. The highest BCUT2D eigenvalue weighted by atomic mass is 19.1. The maximum Gasteiger partial charge on any atom is 0.329 e. The molecule has 1 atom stereocenters. The molecule has 31 heavy (non-hydrogen) atoms. The fourth-order valence-corrected chi connectivity index (χ4v) is 3.93. The number of hydrogen-bond donors (Lipinski definition) is 0. The van der Waals surface area contributed by atoms with Crippen LogP contribution in [0.25, 0.3) is 11.0 Å². The molecule has 8 nitrogen and oxygen atoms in total. The third-order valence-corrected chi connectivity index (χ3v) is 5.63. The lowest BCUT2D eigenvalue weighted by Gasteiger charge is -2.31. The van der Waals surface area contributed by atoms with E-state index in [1.54, 1.807) is 31.4 Å². The normalized spacial score (nSPS) is 16.7. The van der Waals surface area contributed by atoms with E-state index in [1.165, 1.54) is 22.2 Å². The van der Waals surface area contributed by atoms with Crippen LogP contribution in [-0.2, 0) is 23.2 Å². The summed E-state index contributed by atoms with van der Waals surface area (Å²) in [7, 11) is 3.03. The van der Waals surface area contributed by atoms with E-state index in [-0.39, 0.29) is 36.4 Å². The van der Waals surface area contributed by atoms with Gasteiger partial charge in [0.1, 0.15) is 17.6 Å². The average molecular weight is 425 g/mol. The Morgan fingerprint density at radius 2 is 1.84 bits per heavy atom. The van der Waals surface area contributed by atoms with Crippen molar-refractivity contribution in [2.75, 3.05) is 7.11 Å². The number of carbonyl (C=O) groups is 3. The summed E-state index contributed by atoms with van der Waals surface area (Å²) in [4.78, 5) is 50.8. The highest BCUT2D eigenvalue weighted by molar-refractivity contribution is 6.00. The van der Waals surface area contributed by atoms with Crippen molar-refractivity contribution in [3.63, 3.8) is 0 Å². The van der Waals surface area contributed by atoms with E-state index in [0.29, 0.717) is 17.6 Å². The number of carbonyl (C=O) groups excluding carboxylic acids is 3. The van der Waals surface area contributed by atoms with Crippen molar-refractivity contribution >= 4 is 29.1 Å². The highest BCUT2D eigenvalue weighted by Crippen LogP contribution is 2.29. The standard InChI is InChI=1S/C22H20FN3O5/c1-24-18-9-14(12-27)16(23)10-19(18)26(22(24)30)17-7-8-20(28)25(21(17)29)11-13-3-5-15(31-2)6-4-13/h3-6,9-10,12,17H,7-8,11H2,1-2H3. The van der Waals surface area contributed by atoms with Crippen LogP contribution in [0.15, 0.2) is 41.2 Å². The second-order valence-electron chi connectivity index (χ2n) is 7.41. The van der Waals surface area contributed by atoms with Gasteiger partial charge in [0.2, 0.25) is 5.91 Å². The number of likely N-dealkylation sites (tertiary alicyclic amines) is 1. The van der Waals surface area contributed by atoms with E-state index in [1.807, 2.05) is 0 Å². The van der Waals surface area contributed by atoms with Crippen LogP contribution in [0.4, 0.5) is 4.39 Å². The van der Waals surface area contributed by atoms with Gasteiger partial charge in [-0.25, -0.2) is 9.18 Å². The first-order chi connectivity index (χ1) is 14.8. The molecule has 4 rings (SSSR count). The summed E-state index contributed by atoms with van der Waals surface area (Å²) in [5.74, 6) is -0.991. The second kappa shape index (κ2) is 7.82. The van der Waals surface area contributed by atoms with E-state index in [2.05, 4.69) is 0 Å². The van der Waals surface area contributed by atoms with E-state index in [0.717, 1.165) is 16.5 Å². The van der Waals surface area contributed by atoms with E-state index in [9.17, 15) is 23.6 Å². The SMILES string of the molecule is COc1ccc(CN2C(=O)CCC(n3c(=O)n(C)c4cc(C=O)c(F)cc43)C2=O)cc1. The number of aryl methyl sites for hydroxylation is 1. The van der Waals surface area contributed by atoms with Gasteiger partial charge in [0.15, 0.2) is 6.29 Å². The van der Waals surface area contributed by atoms with Crippen molar-refractivity contribution in [3.05, 3.63) is 63.8 Å². The summed E-state index contributed by atoms with van der Waals surface area (Å²) in [5.41, 5.74) is 0.573. The van der Waals surface area contributed by atoms with Gasteiger partial charge >= 0.3 is 5.69 Å². The number of aromatic nitrogens is 2. The van der Waals surface area contributed by atoms with Crippen LogP contribution in [0, 0.1) is 5.82 Å². The molecule has 3 aromatic rings. The van der Waals surface area contributed by atoms with Crippen molar-refractivity contribution < 1.29 is 23.5 Å². The Balaban J connectivity index is 1.73. The lowest BCUT2D eigenvalue weighted by atomic mass is 10.0. The number of imide groups is 1. The summed E-state index contributed by atoms with van der Waals surface area (Å²) < 4.78 is 21.9. The first-order valence-corrected chi connectivity index (χ1v) is 9.68. The quantitative estimate of drug-likeness (QED) is 0.462. The summed E-state index contributed by atoms with van der Waals surface area (Å²) in [5, 5.41) is 0. The van der Waals surface area contributed by atoms with Crippen LogP contribution >= 0.6 is 0 Å². The predicted octanol–water partition coefficient (Wildman–Crippen LogP) is 2.19. The van der Waals surface area contributed by atoms with Gasteiger partial charge in [-0.05, 0) is 30.2 Å². The lowest BCUT2D eigenvalue weighted by Crippen LogP contribution is -2.47. The Bertz CT molecular complexity index is 1260. The Morgan fingerprint density at radius 3 is 2.48 bits per heavy atom. The molecule has 0 spiro atoms. The maximum absolute atomic E-state index is 14.3. The summed E-state index contributed by atoms with van der Waals surface area (Å²) in [6.07, 6.45) is 0.578. The van der Waals surface area contributed by atoms with E-state index in [4.69, 9.17) is 4.74 Å². The molecule has 160 valence electrons. The maximum atomic E-state index is 14.3. The zero-order valence-corrected chi connectivity index (χ0v) is 17.0. The van der Waals surface area contributed by atoms with Gasteiger partial charge in [0.05, 0.1) is 30.3 Å². The Kier molecular flexibility index (Phi) is 5.18. The fourth-order valence-electron chi connectivity index (χ4n) is 3.93. The lowest BCUT2D eigenvalue weighted by molar-refractivity contribution is -0.151. The first kappa shape index (κ1) is 20.5. The number of rotatable bonds is 5. The van der Waals surface area contributed by atoms with Gasteiger partial charge < -0.3 is 4.74 Å². The molecule has 0 radical (unpaired) electrons. The Morgan fingerprint density at radius 1 is 1.13 bits per heavy atom. The number of methoxy groups -OCH3 is 1. The van der Waals surface area contributed by atoms with Gasteiger partial charge in [-0.3, -0.25) is 28.4 Å². The number of hydrogen-bond acceptors (Lipinski definition) is 5. The van der Waals surface area contributed by atoms with Crippen molar-refractivity contribution in [2.24, 2.45) is 7.05 Å². The molecule has 0 N–H and O–H groups in total. The molecule has 0 saturated carbocycles. The van der Waals surface area contributed by atoms with Gasteiger partial charge in [0, 0.05) is 19.5 Å². The molecule has 9 heteroatoms. The minimum atomic E-state index is -0.950. The molecule has 1 saturated heterocycles. The highest BCUT2D eigenvalue weighted by Gasteiger charge is 2.37. The zero-order chi connectivity index (χ0) is 22.3. The van der Waals surface area contributed by atoms with Crippen LogP contribution in [-0.4, -0.2) is 39.2 Å². The minimum Gasteiger partial charge on any atom is -0.497 e. The monoisotopic (exact) mass is 425 g/mol. The van der Waals surface area contributed by atoms with Crippen LogP contribution < -0.4 is 10.4 Å². The van der Waals surface area contributed by atoms with E-state index >= 15 is 0 Å². The minimum absolute atomic E-state index is 0.0569. The summed E-state index contributed by atoms with van der Waals surface area (Å²) in [6.45, 7) is 0.0569. The molecule has 1 aromatic heterocycles. The number of piperidine rings is 1. The van der Waals surface area contributed by atoms with Gasteiger partial charge in [-0.2, -0.15) is 0 Å². The molecule has 2 aromatic carbocycles. The molecule has 0 bridgehead atoms. The second-order valence-corrected chi connectivity index (χ2v) is 7.41. The number of nitrogens with zero attached hydrogens (tertiary/aromatic N) is 3. The molecule has 1 aliphatic rings. The van der Waals surface area contributed by atoms with Gasteiger partial charge in [0.25, 0.3) is 5.91 Å². The molecule has 2 amide bonds. The fraction of sp³-hybridized carbons (Fsp3) is 0.273. The topological polar surface area (TPSA) is 90.6 Å². The number of aldehydes is 1. The van der Waals surface area contributed by atoms with Crippen LogP contribution in [0.1, 0.15) is 34.8 Å². The summed E-state index contributed by atoms with van der Waals surface area (Å²) in [6, 6.07) is 8.38. The van der Waals surface area contributed by atoms with Crippen molar-refractivity contribution in [1.82, 2.24) is 14.0 Å². The molecular formula is C22H20FN3O5. The first-order valence-electron chi connectivity index (χ1n) is 9.68. The third-order valence-electron chi connectivity index (χ3n) is 5.63. The van der Waals surface area contributed by atoms with Crippen molar-refractivity contribution in [3.8, 4) is 5.75 Å². The smallest absolute Gasteiger partial charge is 0.329 e. The Hall–Kier alpha value is -3.75. The largest absolute Gasteiger partial charge is 0.497 e. The van der Waals surface area contributed by atoms with Crippen molar-refractivity contribution in [2.45, 2.75) is 25.4 Å². The zero-order valence-electron chi connectivity index (χ0n) is 17.0. The molecule has 1 unspecified atom stereocenters. The number of halogens is 1. The van der Waals surface area contributed by atoms with E-state index < -0.39 is 23.5 Å². The number of amides is 2. The molecular weight excluding hydrogens is 405 g/mol. The average Bonchev–Trinajstić information content (AvgIpc) is 3.00. The van der Waals surface area contributed by atoms with Crippen LogP contribution in [0.2, 0.25) is 0 Å². The van der Waals surface area contributed by atoms with Crippen LogP contribution in [0.5, 0.6) is 5.75 Å². The van der Waals surface area contributed by atoms with Crippen molar-refractivity contribution in [1.29, 1.82) is 0 Å². The predicted molar refractivity (Wildman–Crippen MR) is 109 cm³/mol. The number of benzene rings is 2. The van der Waals surface area contributed by atoms with Gasteiger partial charge in [-0.15, -0.1) is 0 Å². The molecule has 0 aliphatic carbocycles. The Labute approximate surface area is 176 Å². The third kappa shape index (κ3) is 3.41. The molecule has 1 aliphatic heterocycles. The van der Waals surface area contributed by atoms with Crippen LogP contribution in [0.3, 0.4) is 0 Å². The van der Waals surface area contributed by atoms with Gasteiger partial charge in [-0.1, -0.05) is 12.1 Å². The number of ether oxygens (including phenoxy) is 1. The number of fused-ring (bicyclic) bond motifs is 1. The number of imidazole rings is 1.